The Balaban J connectivity index is 2.69. The molecule has 0 fully saturated rings. The third kappa shape index (κ3) is 3.29. The number of hydrogen-bond acceptors (Lipinski definition) is 2. The summed E-state index contributed by atoms with van der Waals surface area (Å²) in [5.74, 6) is 0.244. The van der Waals surface area contributed by atoms with E-state index in [1.807, 2.05) is 13.8 Å². The second-order valence-electron chi connectivity index (χ2n) is 3.27. The molecular weight excluding hydrogens is 211 g/mol. The molecule has 1 aromatic heterocycles. The summed E-state index contributed by atoms with van der Waals surface area (Å²) < 4.78 is 36.0. The van der Waals surface area contributed by atoms with Crippen LogP contribution in [0.15, 0.2) is 5.38 Å². The molecule has 1 aromatic rings. The lowest BCUT2D eigenvalue weighted by Gasteiger charge is -2.04. The van der Waals surface area contributed by atoms with Crippen LogP contribution in [0, 0.1) is 0 Å². The summed E-state index contributed by atoms with van der Waals surface area (Å²) in [5, 5.41) is 1.88. The van der Waals surface area contributed by atoms with Crippen molar-refractivity contribution in [2.24, 2.45) is 0 Å². The molecule has 0 amide bonds. The van der Waals surface area contributed by atoms with Gasteiger partial charge in [0.15, 0.2) is 0 Å². The minimum Gasteiger partial charge on any atom is -0.246 e. The molecule has 0 N–H and O–H groups in total. The summed E-state index contributed by atoms with van der Waals surface area (Å²) in [6.45, 7) is 3.96. The number of thiazole rings is 1. The van der Waals surface area contributed by atoms with Crippen LogP contribution in [0.25, 0.3) is 0 Å². The Hall–Kier alpha value is -0.580. The average molecular weight is 223 g/mol. The van der Waals surface area contributed by atoms with E-state index in [4.69, 9.17) is 0 Å². The Morgan fingerprint density at radius 2 is 2.14 bits per heavy atom. The van der Waals surface area contributed by atoms with Gasteiger partial charge < -0.3 is 0 Å². The average Bonchev–Trinajstić information content (AvgIpc) is 2.48. The molecule has 0 aliphatic carbocycles. The van der Waals surface area contributed by atoms with Gasteiger partial charge in [0.05, 0.1) is 12.1 Å². The monoisotopic (exact) mass is 223 g/mol. The summed E-state index contributed by atoms with van der Waals surface area (Å²) in [5.41, 5.74) is 0.775. The van der Waals surface area contributed by atoms with Crippen LogP contribution in [0.1, 0.15) is 36.9 Å². The number of halogens is 3. The zero-order valence-corrected chi connectivity index (χ0v) is 8.87. The standard InChI is InChI=1S/C9H12F3NS/c1-3-6(2)7-5-14-8(13-7)4-9(10,11)12/h5-6H,3-4H2,1-2H3. The summed E-state index contributed by atoms with van der Waals surface area (Å²) in [6, 6.07) is 0. The number of rotatable bonds is 3. The Morgan fingerprint density at radius 1 is 1.50 bits per heavy atom. The molecular formula is C9H12F3NS. The van der Waals surface area contributed by atoms with E-state index in [1.54, 1.807) is 5.38 Å². The SMILES string of the molecule is CCC(C)c1csc(CC(F)(F)F)n1. The van der Waals surface area contributed by atoms with Crippen molar-refractivity contribution in [1.29, 1.82) is 0 Å². The first-order chi connectivity index (χ1) is 6.42. The fraction of sp³-hybridized carbons (Fsp3) is 0.667. The van der Waals surface area contributed by atoms with Gasteiger partial charge in [-0.3, -0.25) is 0 Å². The molecule has 0 aliphatic rings. The van der Waals surface area contributed by atoms with Crippen molar-refractivity contribution in [3.05, 3.63) is 16.1 Å². The zero-order chi connectivity index (χ0) is 10.8. The number of aromatic nitrogens is 1. The van der Waals surface area contributed by atoms with Gasteiger partial charge in [0.2, 0.25) is 0 Å². The fourth-order valence-corrected chi connectivity index (χ4v) is 1.96. The largest absolute Gasteiger partial charge is 0.395 e. The molecule has 0 spiro atoms. The molecule has 1 unspecified atom stereocenters. The van der Waals surface area contributed by atoms with E-state index in [0.717, 1.165) is 23.5 Å². The minimum absolute atomic E-state index is 0.160. The lowest BCUT2D eigenvalue weighted by atomic mass is 10.1. The maximum absolute atomic E-state index is 12.0. The van der Waals surface area contributed by atoms with Crippen molar-refractivity contribution in [3.63, 3.8) is 0 Å². The topological polar surface area (TPSA) is 12.9 Å². The quantitative estimate of drug-likeness (QED) is 0.760. The highest BCUT2D eigenvalue weighted by Crippen LogP contribution is 2.26. The van der Waals surface area contributed by atoms with Gasteiger partial charge in [-0.05, 0) is 12.3 Å². The summed E-state index contributed by atoms with van der Waals surface area (Å²) >= 11 is 1.09. The van der Waals surface area contributed by atoms with Crippen molar-refractivity contribution in [2.75, 3.05) is 0 Å². The molecule has 1 rings (SSSR count). The summed E-state index contributed by atoms with van der Waals surface area (Å²) in [4.78, 5) is 3.96. The van der Waals surface area contributed by atoms with Crippen LogP contribution in [0.5, 0.6) is 0 Å². The predicted molar refractivity (Wildman–Crippen MR) is 50.6 cm³/mol. The number of alkyl halides is 3. The second-order valence-corrected chi connectivity index (χ2v) is 4.21. The van der Waals surface area contributed by atoms with Gasteiger partial charge in [-0.25, -0.2) is 4.98 Å². The lowest BCUT2D eigenvalue weighted by molar-refractivity contribution is -0.127. The first kappa shape index (κ1) is 11.5. The van der Waals surface area contributed by atoms with Gasteiger partial charge in [0, 0.05) is 5.38 Å². The van der Waals surface area contributed by atoms with Crippen LogP contribution in [-0.4, -0.2) is 11.2 Å². The molecule has 80 valence electrons. The second kappa shape index (κ2) is 4.29. The van der Waals surface area contributed by atoms with E-state index < -0.39 is 12.6 Å². The van der Waals surface area contributed by atoms with Crippen molar-refractivity contribution in [3.8, 4) is 0 Å². The van der Waals surface area contributed by atoms with Crippen LogP contribution in [-0.2, 0) is 6.42 Å². The van der Waals surface area contributed by atoms with Crippen LogP contribution >= 0.6 is 11.3 Å². The molecule has 0 aromatic carbocycles. The molecule has 0 aliphatic heterocycles. The molecule has 14 heavy (non-hydrogen) atoms. The van der Waals surface area contributed by atoms with Crippen LogP contribution in [0.3, 0.4) is 0 Å². The van der Waals surface area contributed by atoms with Gasteiger partial charge in [-0.2, -0.15) is 13.2 Å². The van der Waals surface area contributed by atoms with Crippen molar-refractivity contribution >= 4 is 11.3 Å². The first-order valence-electron chi connectivity index (χ1n) is 4.43. The highest BCUT2D eigenvalue weighted by Gasteiger charge is 2.29. The first-order valence-corrected chi connectivity index (χ1v) is 5.31. The third-order valence-corrected chi connectivity index (χ3v) is 2.91. The Kier molecular flexibility index (Phi) is 3.53. The van der Waals surface area contributed by atoms with E-state index in [-0.39, 0.29) is 10.9 Å². The van der Waals surface area contributed by atoms with Crippen LogP contribution < -0.4 is 0 Å². The van der Waals surface area contributed by atoms with Crippen molar-refractivity contribution in [1.82, 2.24) is 4.98 Å². The molecule has 0 saturated carbocycles. The smallest absolute Gasteiger partial charge is 0.246 e. The van der Waals surface area contributed by atoms with E-state index >= 15 is 0 Å². The molecule has 0 saturated heterocycles. The normalized spacial score (nSPS) is 14.4. The summed E-state index contributed by atoms with van der Waals surface area (Å²) in [7, 11) is 0. The van der Waals surface area contributed by atoms with Gasteiger partial charge in [-0.1, -0.05) is 13.8 Å². The molecule has 0 bridgehead atoms. The molecule has 5 heteroatoms. The molecule has 1 heterocycles. The maximum atomic E-state index is 12.0. The number of nitrogens with zero attached hydrogens (tertiary/aromatic N) is 1. The molecule has 1 atom stereocenters. The predicted octanol–water partition coefficient (Wildman–Crippen LogP) is 3.76. The van der Waals surface area contributed by atoms with Gasteiger partial charge >= 0.3 is 6.18 Å². The van der Waals surface area contributed by atoms with Crippen LogP contribution in [0.4, 0.5) is 13.2 Å². The number of hydrogen-bond donors (Lipinski definition) is 0. The highest BCUT2D eigenvalue weighted by atomic mass is 32.1. The van der Waals surface area contributed by atoms with E-state index in [0.29, 0.717) is 0 Å². The minimum atomic E-state index is -4.15. The maximum Gasteiger partial charge on any atom is 0.395 e. The van der Waals surface area contributed by atoms with Crippen LogP contribution in [0.2, 0.25) is 0 Å². The Labute approximate surface area is 85.0 Å². The Bertz CT molecular complexity index is 292. The third-order valence-electron chi connectivity index (χ3n) is 2.04. The fourth-order valence-electron chi connectivity index (χ4n) is 1.01. The van der Waals surface area contributed by atoms with Gasteiger partial charge in [0.25, 0.3) is 0 Å². The molecule has 0 radical (unpaired) electrons. The van der Waals surface area contributed by atoms with E-state index in [9.17, 15) is 13.2 Å². The van der Waals surface area contributed by atoms with Gasteiger partial charge in [-0.15, -0.1) is 11.3 Å². The van der Waals surface area contributed by atoms with E-state index in [2.05, 4.69) is 4.98 Å². The lowest BCUT2D eigenvalue weighted by Crippen LogP contribution is -2.11. The highest BCUT2D eigenvalue weighted by molar-refractivity contribution is 7.09. The van der Waals surface area contributed by atoms with Crippen molar-refractivity contribution in [2.45, 2.75) is 38.8 Å². The Morgan fingerprint density at radius 3 is 2.64 bits per heavy atom. The summed E-state index contributed by atoms with van der Waals surface area (Å²) in [6.07, 6.45) is -4.16. The molecule has 1 nitrogen and oxygen atoms in total. The van der Waals surface area contributed by atoms with Gasteiger partial charge in [0.1, 0.15) is 5.01 Å². The van der Waals surface area contributed by atoms with Crippen molar-refractivity contribution < 1.29 is 13.2 Å². The van der Waals surface area contributed by atoms with E-state index in [1.165, 1.54) is 0 Å². The zero-order valence-electron chi connectivity index (χ0n) is 8.06.